The van der Waals surface area contributed by atoms with Gasteiger partial charge in [-0.3, -0.25) is 4.79 Å². The van der Waals surface area contributed by atoms with E-state index in [1.165, 1.54) is 14.2 Å². The number of carbonyl (C=O) groups is 1. The third-order valence-electron chi connectivity index (χ3n) is 2.27. The van der Waals surface area contributed by atoms with E-state index in [4.69, 9.17) is 4.74 Å². The first-order chi connectivity index (χ1) is 8.33. The van der Waals surface area contributed by atoms with Crippen LogP contribution in [0.25, 0.3) is 0 Å². The second-order valence-corrected chi connectivity index (χ2v) is 5.63. The van der Waals surface area contributed by atoms with Gasteiger partial charge >= 0.3 is 5.97 Å². The molecule has 1 atom stereocenters. The van der Waals surface area contributed by atoms with Gasteiger partial charge in [-0.15, -0.1) is 0 Å². The van der Waals surface area contributed by atoms with Crippen molar-refractivity contribution < 1.29 is 22.7 Å². The molecular formula is C10H22N2O5S. The maximum Gasteiger partial charge on any atom is 0.306 e. The number of carbonyl (C=O) groups excluding carboxylic acids is 1. The lowest BCUT2D eigenvalue weighted by atomic mass is 10.4. The summed E-state index contributed by atoms with van der Waals surface area (Å²) >= 11 is 0. The molecule has 0 radical (unpaired) electrons. The van der Waals surface area contributed by atoms with Crippen molar-refractivity contribution in [2.45, 2.75) is 26.4 Å². The Morgan fingerprint density at radius 2 is 2.06 bits per heavy atom. The first-order valence-electron chi connectivity index (χ1n) is 5.72. The van der Waals surface area contributed by atoms with Gasteiger partial charge in [-0.25, -0.2) is 0 Å². The summed E-state index contributed by atoms with van der Waals surface area (Å²) < 4.78 is 36.6. The maximum atomic E-state index is 11.7. The number of ether oxygens (including phenoxy) is 2. The van der Waals surface area contributed by atoms with Crippen molar-refractivity contribution in [2.75, 3.05) is 33.9 Å². The lowest BCUT2D eigenvalue weighted by Crippen LogP contribution is -2.42. The number of methoxy groups -OCH3 is 1. The molecule has 108 valence electrons. The van der Waals surface area contributed by atoms with E-state index in [2.05, 4.69) is 9.46 Å². The van der Waals surface area contributed by atoms with E-state index in [1.807, 2.05) is 6.92 Å². The van der Waals surface area contributed by atoms with E-state index in [1.54, 1.807) is 6.92 Å². The average Bonchev–Trinajstić information content (AvgIpc) is 2.33. The van der Waals surface area contributed by atoms with Crippen LogP contribution in [0.3, 0.4) is 0 Å². The molecule has 0 aromatic carbocycles. The maximum absolute atomic E-state index is 11.7. The Bertz CT molecular complexity index is 344. The second-order valence-electron chi connectivity index (χ2n) is 3.77. The number of hydrogen-bond acceptors (Lipinski definition) is 5. The van der Waals surface area contributed by atoms with Gasteiger partial charge in [0.25, 0.3) is 10.2 Å². The highest BCUT2D eigenvalue weighted by Gasteiger charge is 2.19. The van der Waals surface area contributed by atoms with Gasteiger partial charge in [0.1, 0.15) is 0 Å². The van der Waals surface area contributed by atoms with Crippen LogP contribution in [0.4, 0.5) is 0 Å². The summed E-state index contributed by atoms with van der Waals surface area (Å²) in [6.07, 6.45) is -0.173. The number of nitrogens with one attached hydrogen (secondary N) is 1. The summed E-state index contributed by atoms with van der Waals surface area (Å²) in [5, 5.41) is 0. The van der Waals surface area contributed by atoms with Gasteiger partial charge in [-0.2, -0.15) is 17.4 Å². The minimum atomic E-state index is -3.58. The normalized spacial score (nSPS) is 13.6. The molecule has 0 aromatic heterocycles. The van der Waals surface area contributed by atoms with Crippen LogP contribution in [0.5, 0.6) is 0 Å². The Labute approximate surface area is 109 Å². The molecule has 8 heteroatoms. The van der Waals surface area contributed by atoms with Crippen LogP contribution in [0.15, 0.2) is 0 Å². The molecule has 18 heavy (non-hydrogen) atoms. The predicted octanol–water partition coefficient (Wildman–Crippen LogP) is -0.259. The van der Waals surface area contributed by atoms with Crippen LogP contribution in [-0.2, 0) is 24.5 Å². The molecule has 0 aromatic rings. The van der Waals surface area contributed by atoms with Crippen molar-refractivity contribution in [3.05, 3.63) is 0 Å². The third kappa shape index (κ3) is 6.90. The number of rotatable bonds is 9. The zero-order chi connectivity index (χ0) is 14.2. The van der Waals surface area contributed by atoms with Crippen LogP contribution < -0.4 is 4.72 Å². The van der Waals surface area contributed by atoms with Gasteiger partial charge < -0.3 is 9.47 Å². The zero-order valence-electron chi connectivity index (χ0n) is 11.3. The summed E-state index contributed by atoms with van der Waals surface area (Å²) in [7, 11) is -0.920. The van der Waals surface area contributed by atoms with Gasteiger partial charge in [0.05, 0.1) is 19.6 Å². The Balaban J connectivity index is 4.15. The van der Waals surface area contributed by atoms with Crippen molar-refractivity contribution in [2.24, 2.45) is 0 Å². The fourth-order valence-electron chi connectivity index (χ4n) is 1.15. The molecule has 0 saturated carbocycles. The topological polar surface area (TPSA) is 84.9 Å². The molecule has 7 nitrogen and oxygen atoms in total. The molecule has 0 heterocycles. The van der Waals surface area contributed by atoms with E-state index in [0.29, 0.717) is 6.61 Å². The van der Waals surface area contributed by atoms with Gasteiger partial charge in [0.15, 0.2) is 0 Å². The number of esters is 1. The molecule has 0 fully saturated rings. The third-order valence-corrected chi connectivity index (χ3v) is 3.81. The lowest BCUT2D eigenvalue weighted by molar-refractivity contribution is -0.140. The Hall–Kier alpha value is -0.700. The first kappa shape index (κ1) is 17.3. The zero-order valence-corrected chi connectivity index (χ0v) is 12.1. The van der Waals surface area contributed by atoms with E-state index >= 15 is 0 Å². The highest BCUT2D eigenvalue weighted by Crippen LogP contribution is 1.98. The van der Waals surface area contributed by atoms with Crippen LogP contribution in [0.1, 0.15) is 20.3 Å². The molecule has 0 aliphatic carbocycles. The van der Waals surface area contributed by atoms with Gasteiger partial charge in [0.2, 0.25) is 0 Å². The van der Waals surface area contributed by atoms with Gasteiger partial charge in [-0.05, 0) is 13.8 Å². The van der Waals surface area contributed by atoms with Crippen molar-refractivity contribution in [1.29, 1.82) is 0 Å². The van der Waals surface area contributed by atoms with E-state index in [0.717, 1.165) is 4.31 Å². The highest BCUT2D eigenvalue weighted by molar-refractivity contribution is 7.87. The molecule has 0 aliphatic heterocycles. The van der Waals surface area contributed by atoms with Crippen molar-refractivity contribution in [1.82, 2.24) is 9.03 Å². The molecule has 1 unspecified atom stereocenters. The van der Waals surface area contributed by atoms with Gasteiger partial charge in [-0.1, -0.05) is 0 Å². The predicted molar refractivity (Wildman–Crippen MR) is 67.3 cm³/mol. The molecular weight excluding hydrogens is 260 g/mol. The minimum Gasteiger partial charge on any atom is -0.469 e. The van der Waals surface area contributed by atoms with Crippen molar-refractivity contribution in [3.63, 3.8) is 0 Å². The molecule has 0 spiro atoms. The fraction of sp³-hybridized carbons (Fsp3) is 0.900. The number of nitrogens with zero attached hydrogens (tertiary/aromatic N) is 1. The molecule has 1 N–H and O–H groups in total. The summed E-state index contributed by atoms with van der Waals surface area (Å²) in [6, 6.07) is 0. The minimum absolute atomic E-state index is 0.0227. The quantitative estimate of drug-likeness (QED) is 0.589. The Kier molecular flexibility index (Phi) is 8.08. The van der Waals surface area contributed by atoms with E-state index in [9.17, 15) is 13.2 Å². The Morgan fingerprint density at radius 3 is 2.56 bits per heavy atom. The second kappa shape index (κ2) is 8.41. The smallest absolute Gasteiger partial charge is 0.306 e. The van der Waals surface area contributed by atoms with Crippen molar-refractivity contribution >= 4 is 16.2 Å². The molecule has 0 aliphatic rings. The fourth-order valence-corrected chi connectivity index (χ4v) is 2.14. The van der Waals surface area contributed by atoms with Crippen LogP contribution >= 0.6 is 0 Å². The summed E-state index contributed by atoms with van der Waals surface area (Å²) in [6.45, 7) is 4.42. The van der Waals surface area contributed by atoms with E-state index in [-0.39, 0.29) is 25.6 Å². The monoisotopic (exact) mass is 282 g/mol. The van der Waals surface area contributed by atoms with E-state index < -0.39 is 16.2 Å². The largest absolute Gasteiger partial charge is 0.469 e. The van der Waals surface area contributed by atoms with Crippen molar-refractivity contribution in [3.8, 4) is 0 Å². The summed E-state index contributed by atoms with van der Waals surface area (Å²) in [5.41, 5.74) is 0. The first-order valence-corrected chi connectivity index (χ1v) is 7.16. The SMILES string of the molecule is CCOC(C)CNS(=O)(=O)N(C)CCC(=O)OC. The van der Waals surface area contributed by atoms with Crippen LogP contribution in [0, 0.1) is 0 Å². The Morgan fingerprint density at radius 1 is 1.44 bits per heavy atom. The standard InChI is InChI=1S/C10H22N2O5S/c1-5-17-9(2)8-11-18(14,15)12(3)7-6-10(13)16-4/h9,11H,5-8H2,1-4H3. The molecule has 0 bridgehead atoms. The molecule has 0 amide bonds. The highest BCUT2D eigenvalue weighted by atomic mass is 32.2. The average molecular weight is 282 g/mol. The van der Waals surface area contributed by atoms with Crippen LogP contribution in [0.2, 0.25) is 0 Å². The molecule has 0 rings (SSSR count). The number of hydrogen-bond donors (Lipinski definition) is 1. The summed E-state index contributed by atoms with van der Waals surface area (Å²) in [4.78, 5) is 10.9. The van der Waals surface area contributed by atoms with Gasteiger partial charge in [0, 0.05) is 26.7 Å². The van der Waals surface area contributed by atoms with Crippen LogP contribution in [-0.4, -0.2) is 58.7 Å². The summed E-state index contributed by atoms with van der Waals surface area (Å²) in [5.74, 6) is -0.445. The lowest BCUT2D eigenvalue weighted by Gasteiger charge is -2.19. The molecule has 0 saturated heterocycles.